The van der Waals surface area contributed by atoms with Gasteiger partial charge in [0.15, 0.2) is 0 Å². The van der Waals surface area contributed by atoms with Gasteiger partial charge in [-0.2, -0.15) is 0 Å². The highest BCUT2D eigenvalue weighted by atomic mass is 16.5. The molecule has 0 amide bonds. The summed E-state index contributed by atoms with van der Waals surface area (Å²) >= 11 is 0. The number of carbonyl (C=O) groups excluding carboxylic acids is 2. The number of fused-ring (bicyclic) bond motifs is 2. The molecule has 0 aliphatic carbocycles. The molecule has 170 valence electrons. The predicted octanol–water partition coefficient (Wildman–Crippen LogP) is 5.31. The van der Waals surface area contributed by atoms with Crippen molar-refractivity contribution >= 4 is 33.7 Å². The van der Waals surface area contributed by atoms with Crippen molar-refractivity contribution in [3.63, 3.8) is 0 Å². The highest BCUT2D eigenvalue weighted by molar-refractivity contribution is 5.93. The van der Waals surface area contributed by atoms with Crippen LogP contribution in [0.1, 0.15) is 20.7 Å². The fourth-order valence-electron chi connectivity index (χ4n) is 4.05. The van der Waals surface area contributed by atoms with E-state index in [-0.39, 0.29) is 13.2 Å². The molecule has 6 heteroatoms. The molecule has 0 fully saturated rings. The van der Waals surface area contributed by atoms with Gasteiger partial charge in [0, 0.05) is 23.4 Å². The Morgan fingerprint density at radius 1 is 0.559 bits per heavy atom. The standard InChI is InChI=1S/C28H24N2O4/c31-27(33-19-17-29-15-13-21-5-1-3-7-25(21)29)23-9-11-24(12-10-23)28(32)34-20-18-30-16-14-22-6-2-4-8-26(22)30/h1-16H,17-20H2. The third-order valence-corrected chi connectivity index (χ3v) is 5.85. The second-order valence-electron chi connectivity index (χ2n) is 7.99. The van der Waals surface area contributed by atoms with Gasteiger partial charge in [-0.1, -0.05) is 36.4 Å². The maximum Gasteiger partial charge on any atom is 0.338 e. The smallest absolute Gasteiger partial charge is 0.338 e. The largest absolute Gasteiger partial charge is 0.460 e. The molecule has 0 saturated carbocycles. The summed E-state index contributed by atoms with van der Waals surface area (Å²) in [5, 5.41) is 2.30. The third-order valence-electron chi connectivity index (χ3n) is 5.85. The molecule has 0 N–H and O–H groups in total. The molecule has 2 heterocycles. The number of hydrogen-bond donors (Lipinski definition) is 0. The van der Waals surface area contributed by atoms with Crippen LogP contribution in [0.5, 0.6) is 0 Å². The lowest BCUT2D eigenvalue weighted by Gasteiger charge is -2.09. The van der Waals surface area contributed by atoms with E-state index in [1.807, 2.05) is 73.1 Å². The summed E-state index contributed by atoms with van der Waals surface area (Å²) < 4.78 is 14.9. The van der Waals surface area contributed by atoms with Gasteiger partial charge >= 0.3 is 11.9 Å². The number of ether oxygens (including phenoxy) is 2. The van der Waals surface area contributed by atoms with Crippen LogP contribution in [0.2, 0.25) is 0 Å². The molecule has 0 spiro atoms. The number of para-hydroxylation sites is 2. The first-order chi connectivity index (χ1) is 16.7. The van der Waals surface area contributed by atoms with Crippen LogP contribution in [0.25, 0.3) is 21.8 Å². The van der Waals surface area contributed by atoms with Crippen LogP contribution in [0.3, 0.4) is 0 Å². The fourth-order valence-corrected chi connectivity index (χ4v) is 4.05. The molecule has 0 unspecified atom stereocenters. The summed E-state index contributed by atoms with van der Waals surface area (Å²) in [5.74, 6) is -0.841. The van der Waals surface area contributed by atoms with Crippen molar-refractivity contribution < 1.29 is 19.1 Å². The Kier molecular flexibility index (Phi) is 6.12. The van der Waals surface area contributed by atoms with Gasteiger partial charge in [-0.3, -0.25) is 0 Å². The van der Waals surface area contributed by atoms with E-state index >= 15 is 0 Å². The molecular weight excluding hydrogens is 428 g/mol. The summed E-state index contributed by atoms with van der Waals surface area (Å²) in [6, 6.07) is 26.6. The molecule has 6 nitrogen and oxygen atoms in total. The summed E-state index contributed by atoms with van der Waals surface area (Å²) in [4.78, 5) is 24.8. The summed E-state index contributed by atoms with van der Waals surface area (Å²) in [6.45, 7) is 1.66. The molecular formula is C28H24N2O4. The van der Waals surface area contributed by atoms with Crippen LogP contribution < -0.4 is 0 Å². The molecule has 5 aromatic rings. The fraction of sp³-hybridized carbons (Fsp3) is 0.143. The topological polar surface area (TPSA) is 62.5 Å². The number of rotatable bonds is 8. The van der Waals surface area contributed by atoms with E-state index in [0.717, 1.165) is 21.8 Å². The van der Waals surface area contributed by atoms with Crippen molar-refractivity contribution in [2.75, 3.05) is 13.2 Å². The molecule has 0 aliphatic heterocycles. The van der Waals surface area contributed by atoms with Crippen molar-refractivity contribution in [1.29, 1.82) is 0 Å². The van der Waals surface area contributed by atoms with Crippen molar-refractivity contribution in [1.82, 2.24) is 9.13 Å². The lowest BCUT2D eigenvalue weighted by Crippen LogP contribution is -2.13. The molecule has 0 aliphatic rings. The molecule has 0 atom stereocenters. The Bertz CT molecular complexity index is 1340. The van der Waals surface area contributed by atoms with Gasteiger partial charge in [-0.05, 0) is 59.3 Å². The quantitative estimate of drug-likeness (QED) is 0.299. The highest BCUT2D eigenvalue weighted by Crippen LogP contribution is 2.16. The number of carbonyl (C=O) groups is 2. The zero-order chi connectivity index (χ0) is 23.3. The Balaban J connectivity index is 1.11. The van der Waals surface area contributed by atoms with Crippen LogP contribution in [0.15, 0.2) is 97.3 Å². The lowest BCUT2D eigenvalue weighted by atomic mass is 10.1. The van der Waals surface area contributed by atoms with Gasteiger partial charge in [-0.25, -0.2) is 9.59 Å². The Morgan fingerprint density at radius 3 is 1.41 bits per heavy atom. The van der Waals surface area contributed by atoms with Crippen LogP contribution >= 0.6 is 0 Å². The first-order valence-corrected chi connectivity index (χ1v) is 11.2. The number of hydrogen-bond acceptors (Lipinski definition) is 4. The van der Waals surface area contributed by atoms with Crippen LogP contribution in [-0.4, -0.2) is 34.3 Å². The van der Waals surface area contributed by atoms with Crippen molar-refractivity contribution in [3.05, 3.63) is 108 Å². The molecule has 34 heavy (non-hydrogen) atoms. The second kappa shape index (κ2) is 9.67. The van der Waals surface area contributed by atoms with Crippen LogP contribution in [-0.2, 0) is 22.6 Å². The molecule has 0 radical (unpaired) electrons. The normalized spacial score (nSPS) is 11.1. The zero-order valence-electron chi connectivity index (χ0n) is 18.6. The Hall–Kier alpha value is -4.32. The van der Waals surface area contributed by atoms with Crippen molar-refractivity contribution in [2.45, 2.75) is 13.1 Å². The van der Waals surface area contributed by atoms with E-state index < -0.39 is 11.9 Å². The predicted molar refractivity (Wildman–Crippen MR) is 131 cm³/mol. The molecule has 3 aromatic carbocycles. The monoisotopic (exact) mass is 452 g/mol. The maximum absolute atomic E-state index is 12.4. The first kappa shape index (κ1) is 21.5. The van der Waals surface area contributed by atoms with Gasteiger partial charge in [0.05, 0.1) is 24.2 Å². The lowest BCUT2D eigenvalue weighted by molar-refractivity contribution is 0.0478. The van der Waals surface area contributed by atoms with E-state index in [1.165, 1.54) is 0 Å². The Morgan fingerprint density at radius 2 is 0.971 bits per heavy atom. The second-order valence-corrected chi connectivity index (χ2v) is 7.99. The Labute approximate surface area is 196 Å². The van der Waals surface area contributed by atoms with Crippen LogP contribution in [0.4, 0.5) is 0 Å². The van der Waals surface area contributed by atoms with E-state index in [9.17, 15) is 9.59 Å². The van der Waals surface area contributed by atoms with E-state index in [0.29, 0.717) is 24.2 Å². The maximum atomic E-state index is 12.4. The summed E-state index contributed by atoms with van der Waals surface area (Å²) in [6.07, 6.45) is 3.97. The SMILES string of the molecule is O=C(OCCn1ccc2ccccc21)c1ccc(C(=O)OCCn2ccc3ccccc32)cc1. The number of nitrogens with zero attached hydrogens (tertiary/aromatic N) is 2. The zero-order valence-corrected chi connectivity index (χ0v) is 18.6. The van der Waals surface area contributed by atoms with Crippen LogP contribution in [0, 0.1) is 0 Å². The summed E-state index contributed by atoms with van der Waals surface area (Å²) in [7, 11) is 0. The minimum atomic E-state index is -0.420. The molecule has 0 bridgehead atoms. The van der Waals surface area contributed by atoms with Gasteiger partial charge in [-0.15, -0.1) is 0 Å². The molecule has 0 saturated heterocycles. The summed E-state index contributed by atoms with van der Waals surface area (Å²) in [5.41, 5.74) is 3.00. The molecule has 2 aromatic heterocycles. The number of esters is 2. The van der Waals surface area contributed by atoms with E-state index in [2.05, 4.69) is 9.13 Å². The average Bonchev–Trinajstić information content (AvgIpc) is 3.48. The van der Waals surface area contributed by atoms with Gasteiger partial charge < -0.3 is 18.6 Å². The van der Waals surface area contributed by atoms with Crippen molar-refractivity contribution in [2.24, 2.45) is 0 Å². The molecule has 5 rings (SSSR count). The minimum Gasteiger partial charge on any atom is -0.460 e. The number of aromatic nitrogens is 2. The van der Waals surface area contributed by atoms with Crippen molar-refractivity contribution in [3.8, 4) is 0 Å². The third kappa shape index (κ3) is 4.57. The highest BCUT2D eigenvalue weighted by Gasteiger charge is 2.12. The van der Waals surface area contributed by atoms with E-state index in [1.54, 1.807) is 24.3 Å². The van der Waals surface area contributed by atoms with Gasteiger partial charge in [0.2, 0.25) is 0 Å². The minimum absolute atomic E-state index is 0.259. The van der Waals surface area contributed by atoms with E-state index in [4.69, 9.17) is 9.47 Å². The number of benzene rings is 3. The first-order valence-electron chi connectivity index (χ1n) is 11.2. The average molecular weight is 453 g/mol. The van der Waals surface area contributed by atoms with Gasteiger partial charge in [0.25, 0.3) is 0 Å². The van der Waals surface area contributed by atoms with Gasteiger partial charge in [0.1, 0.15) is 13.2 Å².